The number of rotatable bonds is 2. The Labute approximate surface area is 72.4 Å². The van der Waals surface area contributed by atoms with E-state index in [4.69, 9.17) is 0 Å². The second kappa shape index (κ2) is 3.33. The van der Waals surface area contributed by atoms with Crippen molar-refractivity contribution in [3.05, 3.63) is 23.9 Å². The Morgan fingerprint density at radius 1 is 1.31 bits per heavy atom. The molecule has 0 radical (unpaired) electrons. The fourth-order valence-corrected chi connectivity index (χ4v) is 1.14. The van der Waals surface area contributed by atoms with Gasteiger partial charge in [0.1, 0.15) is 5.69 Å². The number of aromatic nitrogens is 1. The smallest absolute Gasteiger partial charge is 0.233 e. The van der Waals surface area contributed by atoms with E-state index in [1.807, 2.05) is 0 Å². The van der Waals surface area contributed by atoms with E-state index in [-0.39, 0.29) is 0 Å². The maximum Gasteiger partial charge on any atom is 0.349 e. The van der Waals surface area contributed by atoms with Gasteiger partial charge in [-0.3, -0.25) is 0 Å². The zero-order chi connectivity index (χ0) is 10.1. The monoisotopic (exact) mass is 211 g/mol. The van der Waals surface area contributed by atoms with E-state index in [1.54, 1.807) is 0 Å². The van der Waals surface area contributed by atoms with Gasteiger partial charge in [0.25, 0.3) is 6.43 Å². The van der Waals surface area contributed by atoms with Crippen LogP contribution in [-0.2, 0) is 10.2 Å². The first-order valence-corrected chi connectivity index (χ1v) is 4.49. The molecule has 0 saturated heterocycles. The van der Waals surface area contributed by atoms with Crippen LogP contribution in [0.5, 0.6) is 0 Å². The van der Waals surface area contributed by atoms with Crippen LogP contribution in [0.3, 0.4) is 0 Å². The van der Waals surface area contributed by atoms with Gasteiger partial charge < -0.3 is 0 Å². The number of nitrogens with zero attached hydrogens (tertiary/aromatic N) is 1. The first-order valence-electron chi connectivity index (χ1n) is 3.11. The van der Waals surface area contributed by atoms with Crippen LogP contribution in [0.1, 0.15) is 12.1 Å². The third-order valence-electron chi connectivity index (χ3n) is 1.22. The lowest BCUT2D eigenvalue weighted by Crippen LogP contribution is -1.99. The molecular formula is C6H4F3NO2S. The Morgan fingerprint density at radius 2 is 1.92 bits per heavy atom. The van der Waals surface area contributed by atoms with Crippen molar-refractivity contribution in [3.63, 3.8) is 0 Å². The first-order chi connectivity index (χ1) is 5.91. The summed E-state index contributed by atoms with van der Waals surface area (Å²) in [6.07, 6.45) is -2.92. The van der Waals surface area contributed by atoms with Gasteiger partial charge in [-0.05, 0) is 12.1 Å². The summed E-state index contributed by atoms with van der Waals surface area (Å²) in [6, 6.07) is 2.72. The van der Waals surface area contributed by atoms with Gasteiger partial charge in [0, 0.05) is 0 Å². The average molecular weight is 211 g/mol. The molecule has 0 aromatic carbocycles. The minimum Gasteiger partial charge on any atom is -0.233 e. The van der Waals surface area contributed by atoms with Crippen molar-refractivity contribution in [2.75, 3.05) is 0 Å². The number of pyridine rings is 1. The van der Waals surface area contributed by atoms with Crippen LogP contribution in [0.25, 0.3) is 0 Å². The highest BCUT2D eigenvalue weighted by Gasteiger charge is 2.16. The minimum atomic E-state index is -5.00. The van der Waals surface area contributed by atoms with Crippen LogP contribution in [0.2, 0.25) is 0 Å². The fourth-order valence-electron chi connectivity index (χ4n) is 0.688. The second-order valence-corrected chi connectivity index (χ2v) is 3.43. The Bertz CT molecular complexity index is 404. The zero-order valence-corrected chi connectivity index (χ0v) is 6.93. The van der Waals surface area contributed by atoms with Crippen molar-refractivity contribution >= 4 is 10.2 Å². The lowest BCUT2D eigenvalue weighted by molar-refractivity contribution is 0.145. The lowest BCUT2D eigenvalue weighted by atomic mass is 10.4. The molecule has 13 heavy (non-hydrogen) atoms. The van der Waals surface area contributed by atoms with Gasteiger partial charge in [0.05, 0.1) is 0 Å². The number of hydrogen-bond acceptors (Lipinski definition) is 3. The molecule has 72 valence electrons. The maximum absolute atomic E-state index is 12.2. The van der Waals surface area contributed by atoms with Crippen molar-refractivity contribution in [2.45, 2.75) is 11.5 Å². The van der Waals surface area contributed by atoms with Gasteiger partial charge >= 0.3 is 10.2 Å². The summed E-state index contributed by atoms with van der Waals surface area (Å²) in [5.41, 5.74) is -0.765. The van der Waals surface area contributed by atoms with Crippen molar-refractivity contribution < 1.29 is 21.1 Å². The van der Waals surface area contributed by atoms with E-state index in [2.05, 4.69) is 4.98 Å². The third kappa shape index (κ3) is 2.41. The highest BCUT2D eigenvalue weighted by molar-refractivity contribution is 7.86. The van der Waals surface area contributed by atoms with Crippen LogP contribution in [-0.4, -0.2) is 13.4 Å². The average Bonchev–Trinajstić information content (AvgIpc) is 2.03. The van der Waals surface area contributed by atoms with Crippen LogP contribution in [0.15, 0.2) is 23.2 Å². The van der Waals surface area contributed by atoms with E-state index in [1.165, 1.54) is 0 Å². The highest BCUT2D eigenvalue weighted by atomic mass is 32.3. The molecule has 0 saturated carbocycles. The van der Waals surface area contributed by atoms with E-state index in [9.17, 15) is 21.1 Å². The molecule has 0 aliphatic carbocycles. The topological polar surface area (TPSA) is 47.0 Å². The van der Waals surface area contributed by atoms with Crippen LogP contribution in [0, 0.1) is 0 Å². The molecule has 0 N–H and O–H groups in total. The molecule has 0 aliphatic heterocycles. The van der Waals surface area contributed by atoms with Crippen molar-refractivity contribution in [1.82, 2.24) is 4.98 Å². The summed E-state index contributed by atoms with van der Waals surface area (Å²) in [6.45, 7) is 0. The van der Waals surface area contributed by atoms with Gasteiger partial charge in [0.2, 0.25) is 0 Å². The van der Waals surface area contributed by atoms with Crippen molar-refractivity contribution in [3.8, 4) is 0 Å². The highest BCUT2D eigenvalue weighted by Crippen LogP contribution is 2.18. The molecule has 0 atom stereocenters. The van der Waals surface area contributed by atoms with Gasteiger partial charge in [-0.2, -0.15) is 8.42 Å². The van der Waals surface area contributed by atoms with Crippen molar-refractivity contribution in [1.29, 1.82) is 0 Å². The molecule has 7 heteroatoms. The van der Waals surface area contributed by atoms with Crippen LogP contribution < -0.4 is 0 Å². The molecule has 1 heterocycles. The number of alkyl halides is 2. The third-order valence-corrected chi connectivity index (χ3v) is 1.95. The summed E-state index contributed by atoms with van der Waals surface area (Å²) in [5.74, 6) is 0. The molecular weight excluding hydrogens is 207 g/mol. The lowest BCUT2D eigenvalue weighted by Gasteiger charge is -1.98. The molecule has 0 unspecified atom stereocenters. The van der Waals surface area contributed by atoms with Crippen LogP contribution in [0.4, 0.5) is 12.7 Å². The molecule has 1 rings (SSSR count). The van der Waals surface area contributed by atoms with Gasteiger partial charge in [-0.15, -0.1) is 0 Å². The summed E-state index contributed by atoms with van der Waals surface area (Å²) >= 11 is 0. The first kappa shape index (κ1) is 9.97. The molecule has 0 aliphatic rings. The predicted octanol–water partition coefficient (Wildman–Crippen LogP) is 1.68. The Morgan fingerprint density at radius 3 is 2.38 bits per heavy atom. The Balaban J connectivity index is 3.21. The van der Waals surface area contributed by atoms with Crippen LogP contribution >= 0.6 is 0 Å². The van der Waals surface area contributed by atoms with E-state index in [0.717, 1.165) is 18.2 Å². The molecule has 1 aromatic rings. The minimum absolute atomic E-state index is 0.765. The van der Waals surface area contributed by atoms with E-state index < -0.39 is 27.4 Å². The Kier molecular flexibility index (Phi) is 2.55. The predicted molar refractivity (Wildman–Crippen MR) is 37.5 cm³/mol. The normalized spacial score (nSPS) is 12.0. The second-order valence-electron chi connectivity index (χ2n) is 2.14. The molecule has 0 bridgehead atoms. The fraction of sp³-hybridized carbons (Fsp3) is 0.167. The SMILES string of the molecule is O=S(=O)(F)c1cccc(C(F)F)n1. The standard InChI is InChI=1S/C6H4F3NO2S/c7-6(8)4-2-1-3-5(10-4)13(9,11)12/h1-3,6H. The summed E-state index contributed by atoms with van der Waals surface area (Å²) < 4.78 is 56.6. The summed E-state index contributed by atoms with van der Waals surface area (Å²) in [5, 5.41) is -0.995. The maximum atomic E-state index is 12.2. The van der Waals surface area contributed by atoms with E-state index in [0.29, 0.717) is 0 Å². The zero-order valence-electron chi connectivity index (χ0n) is 6.12. The van der Waals surface area contributed by atoms with E-state index >= 15 is 0 Å². The molecule has 0 amide bonds. The number of halogens is 3. The Hall–Kier alpha value is -1.11. The quantitative estimate of drug-likeness (QED) is 0.699. The largest absolute Gasteiger partial charge is 0.349 e. The van der Waals surface area contributed by atoms with Gasteiger partial charge in [-0.25, -0.2) is 13.8 Å². The van der Waals surface area contributed by atoms with Crippen molar-refractivity contribution in [2.24, 2.45) is 0 Å². The summed E-state index contributed by atoms with van der Waals surface area (Å²) in [4.78, 5) is 2.93. The molecule has 0 spiro atoms. The molecule has 0 fully saturated rings. The molecule has 3 nitrogen and oxygen atoms in total. The van der Waals surface area contributed by atoms with Gasteiger partial charge in [0.15, 0.2) is 5.03 Å². The van der Waals surface area contributed by atoms with Gasteiger partial charge in [-0.1, -0.05) is 9.95 Å². The summed E-state index contributed by atoms with van der Waals surface area (Å²) in [7, 11) is -5.00. The molecule has 1 aromatic heterocycles. The number of hydrogen-bond donors (Lipinski definition) is 0.